The lowest BCUT2D eigenvalue weighted by molar-refractivity contribution is -0.0586. The van der Waals surface area contributed by atoms with Crippen LogP contribution in [0.15, 0.2) is 73.1 Å². The number of fused-ring (bicyclic) bond motifs is 2. The molecule has 9 heteroatoms. The van der Waals surface area contributed by atoms with Crippen molar-refractivity contribution in [2.24, 2.45) is 0 Å². The summed E-state index contributed by atoms with van der Waals surface area (Å²) >= 11 is 0. The third-order valence-corrected chi connectivity index (χ3v) is 8.46. The number of carbonyl (C=O) groups is 1. The summed E-state index contributed by atoms with van der Waals surface area (Å²) in [5, 5.41) is 1.11. The van der Waals surface area contributed by atoms with E-state index in [1.165, 1.54) is 0 Å². The highest BCUT2D eigenvalue weighted by Gasteiger charge is 2.24. The van der Waals surface area contributed by atoms with Crippen molar-refractivity contribution in [3.05, 3.63) is 95.6 Å². The van der Waals surface area contributed by atoms with Crippen LogP contribution < -0.4 is 4.74 Å². The summed E-state index contributed by atoms with van der Waals surface area (Å²) in [6.07, 6.45) is 4.97. The van der Waals surface area contributed by atoms with Gasteiger partial charge in [-0.05, 0) is 74.2 Å². The second-order valence-electron chi connectivity index (χ2n) is 11.5. The number of piperidine rings is 1. The van der Waals surface area contributed by atoms with Gasteiger partial charge in [0, 0.05) is 48.5 Å². The molecule has 0 aliphatic carbocycles. The molecule has 1 atom stereocenters. The Balaban J connectivity index is 0.903. The second kappa shape index (κ2) is 12.1. The number of esters is 1. The maximum atomic E-state index is 12.9. The van der Waals surface area contributed by atoms with Gasteiger partial charge in [-0.2, -0.15) is 0 Å². The topological polar surface area (TPSA) is 91.6 Å². The van der Waals surface area contributed by atoms with Crippen LogP contribution in [-0.2, 0) is 22.6 Å². The van der Waals surface area contributed by atoms with Crippen molar-refractivity contribution >= 4 is 27.9 Å². The molecule has 2 aliphatic heterocycles. The van der Waals surface area contributed by atoms with E-state index in [1.807, 2.05) is 49.6 Å². The number of rotatable bonds is 9. The largest absolute Gasteiger partial charge is 0.473 e. The molecule has 220 valence electrons. The number of nitrogens with zero attached hydrogens (tertiary/aromatic N) is 5. The highest BCUT2D eigenvalue weighted by atomic mass is 16.5. The van der Waals surface area contributed by atoms with Crippen molar-refractivity contribution in [1.29, 1.82) is 0 Å². The Bertz CT molecular complexity index is 1760. The minimum Gasteiger partial charge on any atom is -0.473 e. The molecule has 43 heavy (non-hydrogen) atoms. The maximum Gasteiger partial charge on any atom is 0.339 e. The number of hydrogen-bond donors (Lipinski definition) is 0. The number of pyridine rings is 2. The summed E-state index contributed by atoms with van der Waals surface area (Å²) in [7, 11) is 0. The zero-order chi connectivity index (χ0) is 29.2. The highest BCUT2D eigenvalue weighted by molar-refractivity contribution is 5.93. The van der Waals surface area contributed by atoms with Crippen LogP contribution in [0.5, 0.6) is 5.88 Å². The second-order valence-corrected chi connectivity index (χ2v) is 11.5. The Morgan fingerprint density at radius 2 is 1.84 bits per heavy atom. The number of aromatic nitrogens is 4. The first kappa shape index (κ1) is 27.5. The molecule has 2 aliphatic rings. The molecule has 3 aromatic heterocycles. The fourth-order valence-corrected chi connectivity index (χ4v) is 5.83. The van der Waals surface area contributed by atoms with Crippen LogP contribution in [0.4, 0.5) is 0 Å². The van der Waals surface area contributed by atoms with E-state index >= 15 is 0 Å². The molecule has 2 saturated heterocycles. The van der Waals surface area contributed by atoms with Crippen LogP contribution in [0.1, 0.15) is 52.5 Å². The third-order valence-electron chi connectivity index (χ3n) is 8.46. The van der Waals surface area contributed by atoms with Gasteiger partial charge in [-0.15, -0.1) is 0 Å². The summed E-state index contributed by atoms with van der Waals surface area (Å²) in [6, 6.07) is 21.9. The molecule has 2 aromatic carbocycles. The fraction of sp³-hybridized carbons (Fsp3) is 0.353. The smallest absolute Gasteiger partial charge is 0.339 e. The molecule has 5 heterocycles. The Kier molecular flexibility index (Phi) is 7.74. The van der Waals surface area contributed by atoms with Crippen molar-refractivity contribution in [2.45, 2.75) is 51.4 Å². The van der Waals surface area contributed by atoms with E-state index in [9.17, 15) is 4.79 Å². The molecule has 0 saturated carbocycles. The summed E-state index contributed by atoms with van der Waals surface area (Å²) in [6.45, 7) is 5.96. The molecule has 7 rings (SSSR count). The predicted molar refractivity (Wildman–Crippen MR) is 163 cm³/mol. The van der Waals surface area contributed by atoms with Crippen molar-refractivity contribution in [3.63, 3.8) is 0 Å². The van der Waals surface area contributed by atoms with Crippen LogP contribution >= 0.6 is 0 Å². The molecule has 9 nitrogen and oxygen atoms in total. The first-order valence-electron chi connectivity index (χ1n) is 15.0. The number of aryl methyl sites for hydroxylation is 1. The van der Waals surface area contributed by atoms with E-state index in [0.717, 1.165) is 84.4 Å². The van der Waals surface area contributed by atoms with Gasteiger partial charge in [-0.3, -0.25) is 9.88 Å². The Hall–Kier alpha value is -4.34. The van der Waals surface area contributed by atoms with Crippen LogP contribution in [0.25, 0.3) is 21.9 Å². The maximum absolute atomic E-state index is 12.9. The predicted octanol–water partition coefficient (Wildman–Crippen LogP) is 5.65. The molecule has 0 N–H and O–H groups in total. The Labute approximate surface area is 250 Å². The lowest BCUT2D eigenvalue weighted by Crippen LogP contribution is -2.35. The minimum absolute atomic E-state index is 0.221. The average Bonchev–Trinajstić information content (AvgIpc) is 3.43. The number of likely N-dealkylation sites (tertiary alicyclic amines) is 1. The molecule has 5 aromatic rings. The minimum atomic E-state index is -0.319. The fourth-order valence-electron chi connectivity index (χ4n) is 5.83. The summed E-state index contributed by atoms with van der Waals surface area (Å²) in [4.78, 5) is 28.9. The monoisotopic (exact) mass is 577 g/mol. The Morgan fingerprint density at radius 1 is 0.977 bits per heavy atom. The van der Waals surface area contributed by atoms with Crippen LogP contribution in [-0.4, -0.2) is 62.9 Å². The first-order chi connectivity index (χ1) is 21.1. The van der Waals surface area contributed by atoms with Gasteiger partial charge in [0.05, 0.1) is 41.1 Å². The number of carbonyl (C=O) groups excluding carboxylic acids is 1. The average molecular weight is 578 g/mol. The quantitative estimate of drug-likeness (QED) is 0.208. The van der Waals surface area contributed by atoms with E-state index in [0.29, 0.717) is 24.0 Å². The number of benzene rings is 2. The van der Waals surface area contributed by atoms with Crippen LogP contribution in [0.2, 0.25) is 0 Å². The van der Waals surface area contributed by atoms with E-state index in [-0.39, 0.29) is 18.8 Å². The molecular weight excluding hydrogens is 542 g/mol. The summed E-state index contributed by atoms with van der Waals surface area (Å²) in [5.74, 6) is 0.656. The molecule has 1 unspecified atom stereocenters. The van der Waals surface area contributed by atoms with Crippen LogP contribution in [0.3, 0.4) is 0 Å². The molecule has 0 bridgehead atoms. The lowest BCUT2D eigenvalue weighted by atomic mass is 9.93. The van der Waals surface area contributed by atoms with Gasteiger partial charge in [0.1, 0.15) is 13.3 Å². The standard InChI is InChI=1S/C34H35N5O4/c1-23-5-7-26-17-24(6-9-30(26)36-23)20-42-33-4-2-3-29(37-33)25-11-14-38(15-12-25)22-43-34(40)27-8-10-31-32(18-27)39(21-35-31)19-28-13-16-41-28/h2-10,17-18,21,25,28H,11-16,19-20,22H2,1H3. The van der Waals surface area contributed by atoms with Gasteiger partial charge in [-0.25, -0.2) is 14.8 Å². The summed E-state index contributed by atoms with van der Waals surface area (Å²) < 4.78 is 19.4. The van der Waals surface area contributed by atoms with Gasteiger partial charge in [0.15, 0.2) is 0 Å². The van der Waals surface area contributed by atoms with E-state index < -0.39 is 0 Å². The SMILES string of the molecule is Cc1ccc2cc(COc3cccc(C4CCN(COC(=O)c5ccc6ncn(CC7CCO7)c6c5)CC4)n3)ccc2n1. The van der Waals surface area contributed by atoms with Gasteiger partial charge in [-0.1, -0.05) is 18.2 Å². The zero-order valence-corrected chi connectivity index (χ0v) is 24.3. The van der Waals surface area contributed by atoms with E-state index in [4.69, 9.17) is 19.2 Å². The van der Waals surface area contributed by atoms with Crippen LogP contribution in [0, 0.1) is 6.92 Å². The van der Waals surface area contributed by atoms with Crippen molar-refractivity contribution in [1.82, 2.24) is 24.4 Å². The zero-order valence-electron chi connectivity index (χ0n) is 24.3. The summed E-state index contributed by atoms with van der Waals surface area (Å²) in [5.41, 5.74) is 6.46. The van der Waals surface area contributed by atoms with Gasteiger partial charge in [0.2, 0.25) is 5.88 Å². The molecular formula is C34H35N5O4. The number of hydrogen-bond acceptors (Lipinski definition) is 8. The molecule has 0 spiro atoms. The van der Waals surface area contributed by atoms with Gasteiger partial charge >= 0.3 is 5.97 Å². The lowest BCUT2D eigenvalue weighted by Gasteiger charge is -2.31. The number of imidazole rings is 1. The first-order valence-corrected chi connectivity index (χ1v) is 15.0. The van der Waals surface area contributed by atoms with Crippen molar-refractivity contribution in [3.8, 4) is 5.88 Å². The van der Waals surface area contributed by atoms with Gasteiger partial charge < -0.3 is 18.8 Å². The molecule has 0 amide bonds. The molecule has 0 radical (unpaired) electrons. The van der Waals surface area contributed by atoms with Gasteiger partial charge in [0.25, 0.3) is 0 Å². The molecule has 2 fully saturated rings. The highest BCUT2D eigenvalue weighted by Crippen LogP contribution is 2.28. The number of ether oxygens (including phenoxy) is 3. The van der Waals surface area contributed by atoms with Crippen molar-refractivity contribution in [2.75, 3.05) is 26.4 Å². The van der Waals surface area contributed by atoms with E-state index in [2.05, 4.69) is 43.7 Å². The van der Waals surface area contributed by atoms with E-state index in [1.54, 1.807) is 6.07 Å². The third kappa shape index (κ3) is 6.23. The Morgan fingerprint density at radius 3 is 2.67 bits per heavy atom. The van der Waals surface area contributed by atoms with Crippen molar-refractivity contribution < 1.29 is 19.0 Å². The normalized spacial score (nSPS) is 17.7.